The van der Waals surface area contributed by atoms with Crippen molar-refractivity contribution in [3.05, 3.63) is 23.8 Å². The average Bonchev–Trinajstić information content (AvgIpc) is 2.12. The normalized spacial score (nSPS) is 9.86. The molecule has 0 amide bonds. The summed E-state index contributed by atoms with van der Waals surface area (Å²) in [6, 6.07) is 0. The second-order valence-corrected chi connectivity index (χ2v) is 4.15. The molecule has 0 fully saturated rings. The van der Waals surface area contributed by atoms with Crippen LogP contribution in [0.25, 0.3) is 0 Å². The van der Waals surface area contributed by atoms with Crippen LogP contribution >= 0.6 is 12.6 Å². The van der Waals surface area contributed by atoms with Gasteiger partial charge in [0.2, 0.25) is 0 Å². The highest BCUT2D eigenvalue weighted by atomic mass is 32.1. The quantitative estimate of drug-likeness (QED) is 0.341. The van der Waals surface area contributed by atoms with E-state index in [0.717, 1.165) is 43.0 Å². The van der Waals surface area contributed by atoms with Crippen molar-refractivity contribution in [1.82, 2.24) is 0 Å². The third-order valence-electron chi connectivity index (χ3n) is 1.98. The Hall–Kier alpha value is -0.370. The van der Waals surface area contributed by atoms with Gasteiger partial charge in [-0.05, 0) is 24.2 Å². The van der Waals surface area contributed by atoms with Gasteiger partial charge in [-0.2, -0.15) is 0 Å². The van der Waals surface area contributed by atoms with E-state index in [2.05, 4.69) is 32.7 Å². The average molecular weight is 214 g/mol. The van der Waals surface area contributed by atoms with Crippen molar-refractivity contribution in [2.24, 2.45) is 0 Å². The summed E-state index contributed by atoms with van der Waals surface area (Å²) in [6.07, 6.45) is 6.51. The van der Waals surface area contributed by atoms with Crippen molar-refractivity contribution < 1.29 is 4.74 Å². The largest absolute Gasteiger partial charge is 0.499 e. The predicted octanol–water partition coefficient (Wildman–Crippen LogP) is 4.32. The molecule has 0 saturated carbocycles. The molecule has 0 spiro atoms. The predicted molar refractivity (Wildman–Crippen MR) is 66.6 cm³/mol. The number of thiol groups is 1. The molecule has 0 unspecified atom stereocenters. The van der Waals surface area contributed by atoms with Crippen molar-refractivity contribution in [2.45, 2.75) is 45.4 Å². The fourth-order valence-corrected chi connectivity index (χ4v) is 1.29. The van der Waals surface area contributed by atoms with Crippen LogP contribution in [0.2, 0.25) is 0 Å². The first-order valence-corrected chi connectivity index (χ1v) is 5.78. The van der Waals surface area contributed by atoms with E-state index in [1.54, 1.807) is 0 Å². The van der Waals surface area contributed by atoms with Gasteiger partial charge in [-0.1, -0.05) is 32.9 Å². The minimum absolute atomic E-state index is 0.814. The first kappa shape index (κ1) is 13.6. The van der Waals surface area contributed by atoms with Crippen molar-refractivity contribution in [3.8, 4) is 0 Å². The molecule has 0 aliphatic rings. The summed E-state index contributed by atoms with van der Waals surface area (Å²) in [6.45, 7) is 10.6. The molecule has 0 N–H and O–H groups in total. The number of hydrogen-bond acceptors (Lipinski definition) is 2. The maximum atomic E-state index is 5.48. The van der Waals surface area contributed by atoms with E-state index < -0.39 is 0 Å². The second-order valence-electron chi connectivity index (χ2n) is 3.51. The zero-order chi connectivity index (χ0) is 10.8. The molecule has 14 heavy (non-hydrogen) atoms. The van der Waals surface area contributed by atoms with E-state index in [-0.39, 0.29) is 0 Å². The highest BCUT2D eigenvalue weighted by Gasteiger charge is 1.96. The summed E-state index contributed by atoms with van der Waals surface area (Å²) in [4.78, 5) is 0.934. The molecule has 0 heterocycles. The minimum atomic E-state index is 0.814. The summed E-state index contributed by atoms with van der Waals surface area (Å²) in [5.41, 5.74) is 0. The number of rotatable bonds is 9. The maximum absolute atomic E-state index is 5.48. The summed E-state index contributed by atoms with van der Waals surface area (Å²) in [5.74, 6) is 0.899. The van der Waals surface area contributed by atoms with Gasteiger partial charge in [0.25, 0.3) is 0 Å². The molecule has 0 aromatic carbocycles. The van der Waals surface area contributed by atoms with Crippen molar-refractivity contribution in [3.63, 3.8) is 0 Å². The fourth-order valence-electron chi connectivity index (χ4n) is 1.13. The van der Waals surface area contributed by atoms with Gasteiger partial charge in [0.15, 0.2) is 0 Å². The van der Waals surface area contributed by atoms with Crippen LogP contribution in [0.5, 0.6) is 0 Å². The molecule has 0 bridgehead atoms. The fraction of sp³-hybridized carbons (Fsp3) is 0.667. The third kappa shape index (κ3) is 9.72. The second kappa shape index (κ2) is 9.20. The number of hydrogen-bond donors (Lipinski definition) is 1. The Morgan fingerprint density at radius 2 is 1.86 bits per heavy atom. The number of allylic oxidation sites excluding steroid dienone is 2. The molecule has 0 radical (unpaired) electrons. The lowest BCUT2D eigenvalue weighted by molar-refractivity contribution is 0.196. The monoisotopic (exact) mass is 214 g/mol. The Labute approximate surface area is 93.6 Å². The number of ether oxygens (including phenoxy) is 1. The van der Waals surface area contributed by atoms with Gasteiger partial charge in [-0.15, -0.1) is 12.6 Å². The van der Waals surface area contributed by atoms with Gasteiger partial charge in [0.1, 0.15) is 0 Å². The topological polar surface area (TPSA) is 9.23 Å². The smallest absolute Gasteiger partial charge is 0.0888 e. The summed E-state index contributed by atoms with van der Waals surface area (Å²) in [5, 5.41) is 0. The highest BCUT2D eigenvalue weighted by Crippen LogP contribution is 2.13. The van der Waals surface area contributed by atoms with Crippen LogP contribution in [0.15, 0.2) is 23.8 Å². The molecular weight excluding hydrogens is 192 g/mol. The standard InChI is InChI=1S/C12H22OS/c1-4-5-6-10-13-11(2)8-7-9-12(3)14/h14H,2-10H2,1H3. The SMILES string of the molecule is C=C(S)CCCC(=C)OCCCCC. The Kier molecular flexibility index (Phi) is 8.95. The Balaban J connectivity index is 3.24. The van der Waals surface area contributed by atoms with E-state index in [9.17, 15) is 0 Å². The van der Waals surface area contributed by atoms with Crippen LogP contribution in [0.4, 0.5) is 0 Å². The molecule has 2 heteroatoms. The molecule has 0 aliphatic carbocycles. The van der Waals surface area contributed by atoms with Crippen LogP contribution in [0, 0.1) is 0 Å². The van der Waals surface area contributed by atoms with Gasteiger partial charge in [-0.3, -0.25) is 0 Å². The zero-order valence-corrected chi connectivity index (χ0v) is 10.1. The van der Waals surface area contributed by atoms with Gasteiger partial charge in [0, 0.05) is 6.42 Å². The van der Waals surface area contributed by atoms with E-state index in [1.807, 2.05) is 0 Å². The van der Waals surface area contributed by atoms with Crippen molar-refractivity contribution in [1.29, 1.82) is 0 Å². The lowest BCUT2D eigenvalue weighted by Gasteiger charge is -2.08. The Morgan fingerprint density at radius 3 is 2.43 bits per heavy atom. The lowest BCUT2D eigenvalue weighted by atomic mass is 10.2. The van der Waals surface area contributed by atoms with Crippen LogP contribution in [-0.4, -0.2) is 6.61 Å². The Bertz CT molecular complexity index is 175. The van der Waals surface area contributed by atoms with Crippen molar-refractivity contribution >= 4 is 12.6 Å². The van der Waals surface area contributed by atoms with E-state index in [1.165, 1.54) is 12.8 Å². The first-order chi connectivity index (χ1) is 6.66. The van der Waals surface area contributed by atoms with Gasteiger partial charge in [0.05, 0.1) is 12.4 Å². The molecule has 0 aromatic rings. The molecule has 82 valence electrons. The molecular formula is C12H22OS. The maximum Gasteiger partial charge on any atom is 0.0888 e. The zero-order valence-electron chi connectivity index (χ0n) is 9.22. The Morgan fingerprint density at radius 1 is 1.14 bits per heavy atom. The number of unbranched alkanes of at least 4 members (excludes halogenated alkanes) is 2. The minimum Gasteiger partial charge on any atom is -0.499 e. The summed E-state index contributed by atoms with van der Waals surface area (Å²) in [7, 11) is 0. The lowest BCUT2D eigenvalue weighted by Crippen LogP contribution is -1.94. The highest BCUT2D eigenvalue weighted by molar-refractivity contribution is 7.84. The molecule has 0 rings (SSSR count). The van der Waals surface area contributed by atoms with Crippen molar-refractivity contribution in [2.75, 3.05) is 6.61 Å². The van der Waals surface area contributed by atoms with Crippen LogP contribution in [0.3, 0.4) is 0 Å². The van der Waals surface area contributed by atoms with Gasteiger partial charge in [-0.25, -0.2) is 0 Å². The van der Waals surface area contributed by atoms with Crippen LogP contribution in [-0.2, 0) is 4.74 Å². The summed E-state index contributed by atoms with van der Waals surface area (Å²) < 4.78 is 5.48. The molecule has 1 nitrogen and oxygen atoms in total. The molecule has 0 saturated heterocycles. The van der Waals surface area contributed by atoms with Gasteiger partial charge >= 0.3 is 0 Å². The summed E-state index contributed by atoms with van der Waals surface area (Å²) >= 11 is 4.13. The first-order valence-electron chi connectivity index (χ1n) is 5.34. The van der Waals surface area contributed by atoms with Crippen LogP contribution < -0.4 is 0 Å². The van der Waals surface area contributed by atoms with E-state index in [0.29, 0.717) is 0 Å². The molecule has 0 atom stereocenters. The van der Waals surface area contributed by atoms with E-state index in [4.69, 9.17) is 4.74 Å². The third-order valence-corrected chi connectivity index (χ3v) is 2.20. The molecule has 0 aromatic heterocycles. The molecule has 0 aliphatic heterocycles. The van der Waals surface area contributed by atoms with Crippen LogP contribution in [0.1, 0.15) is 45.4 Å². The van der Waals surface area contributed by atoms with E-state index >= 15 is 0 Å². The van der Waals surface area contributed by atoms with Gasteiger partial charge < -0.3 is 4.74 Å².